The van der Waals surface area contributed by atoms with Crippen molar-refractivity contribution in [3.8, 4) is 0 Å². The number of ether oxygens (including phenoxy) is 1. The van der Waals surface area contributed by atoms with E-state index in [1.165, 1.54) is 6.20 Å². The van der Waals surface area contributed by atoms with Gasteiger partial charge in [-0.15, -0.1) is 0 Å². The molecule has 0 fully saturated rings. The number of benzene rings is 1. The molecule has 2 N–H and O–H groups in total. The molecule has 0 radical (unpaired) electrons. The van der Waals surface area contributed by atoms with Crippen molar-refractivity contribution in [3.63, 3.8) is 0 Å². The number of hydrogen-bond acceptors (Lipinski definition) is 4. The first-order valence-electron chi connectivity index (χ1n) is 6.36. The molecule has 0 aliphatic carbocycles. The normalized spacial score (nSPS) is 12.1. The minimum atomic E-state index is -0.428. The summed E-state index contributed by atoms with van der Waals surface area (Å²) in [5.41, 5.74) is 1.08. The van der Waals surface area contributed by atoms with Gasteiger partial charge in [-0.25, -0.2) is 5.10 Å². The molecule has 7 heteroatoms. The summed E-state index contributed by atoms with van der Waals surface area (Å²) in [7, 11) is 1.64. The van der Waals surface area contributed by atoms with Gasteiger partial charge in [0.2, 0.25) is 0 Å². The van der Waals surface area contributed by atoms with E-state index < -0.39 is 5.56 Å². The van der Waals surface area contributed by atoms with E-state index in [0.29, 0.717) is 23.7 Å². The summed E-state index contributed by atoms with van der Waals surface area (Å²) in [4.78, 5) is 11.5. The van der Waals surface area contributed by atoms with Crippen LogP contribution in [0.25, 0.3) is 0 Å². The molecule has 1 atom stereocenters. The van der Waals surface area contributed by atoms with Crippen molar-refractivity contribution in [3.05, 3.63) is 56.4 Å². The molecule has 0 aliphatic heterocycles. The van der Waals surface area contributed by atoms with Gasteiger partial charge in [-0.2, -0.15) is 5.10 Å². The van der Waals surface area contributed by atoms with Crippen LogP contribution in [0.4, 0.5) is 5.69 Å². The van der Waals surface area contributed by atoms with Crippen LogP contribution in [0, 0.1) is 0 Å². The predicted molar refractivity (Wildman–Crippen MR) is 84.2 cm³/mol. The molecule has 5 nitrogen and oxygen atoms in total. The first-order valence-corrected chi connectivity index (χ1v) is 7.11. The van der Waals surface area contributed by atoms with Crippen LogP contribution in [0.5, 0.6) is 0 Å². The van der Waals surface area contributed by atoms with Crippen molar-refractivity contribution in [1.82, 2.24) is 10.2 Å². The number of nitrogens with one attached hydrogen (secondary N) is 2. The lowest BCUT2D eigenvalue weighted by molar-refractivity contribution is 0.190. The minimum Gasteiger partial charge on any atom is -0.385 e. The van der Waals surface area contributed by atoms with Crippen molar-refractivity contribution < 1.29 is 4.74 Å². The maximum atomic E-state index is 11.5. The number of H-pyrrole nitrogens is 1. The molecule has 112 valence electrons. The third kappa shape index (κ3) is 4.20. The fourth-order valence-electron chi connectivity index (χ4n) is 1.92. The smallest absolute Gasteiger partial charge is 0.285 e. The Labute approximate surface area is 132 Å². The predicted octanol–water partition coefficient (Wildman–Crippen LogP) is 3.27. The second-order valence-electron chi connectivity index (χ2n) is 4.46. The van der Waals surface area contributed by atoms with E-state index in [1.54, 1.807) is 7.11 Å². The summed E-state index contributed by atoms with van der Waals surface area (Å²) < 4.78 is 5.13. The zero-order valence-corrected chi connectivity index (χ0v) is 12.9. The maximum absolute atomic E-state index is 11.5. The lowest BCUT2D eigenvalue weighted by Gasteiger charge is -2.20. The first kappa shape index (κ1) is 15.8. The lowest BCUT2D eigenvalue weighted by atomic mass is 10.0. The SMILES string of the molecule is COCCC(Nc1cn[nH]c(=O)c1Cl)c1ccc(Cl)cc1. The summed E-state index contributed by atoms with van der Waals surface area (Å²) >= 11 is 11.9. The van der Waals surface area contributed by atoms with Gasteiger partial charge in [0.05, 0.1) is 17.9 Å². The van der Waals surface area contributed by atoms with Gasteiger partial charge in [0.1, 0.15) is 5.02 Å². The van der Waals surface area contributed by atoms with E-state index in [1.807, 2.05) is 24.3 Å². The van der Waals surface area contributed by atoms with Gasteiger partial charge < -0.3 is 10.1 Å². The Hall–Kier alpha value is -1.56. The maximum Gasteiger partial charge on any atom is 0.285 e. The second-order valence-corrected chi connectivity index (χ2v) is 5.27. The van der Waals surface area contributed by atoms with Crippen LogP contribution >= 0.6 is 23.2 Å². The number of aromatic nitrogens is 2. The zero-order chi connectivity index (χ0) is 15.2. The molecule has 0 spiro atoms. The highest BCUT2D eigenvalue weighted by molar-refractivity contribution is 6.32. The highest BCUT2D eigenvalue weighted by Gasteiger charge is 2.14. The Morgan fingerprint density at radius 2 is 2.05 bits per heavy atom. The number of nitrogens with zero attached hydrogens (tertiary/aromatic N) is 1. The van der Waals surface area contributed by atoms with Crippen LogP contribution in [-0.4, -0.2) is 23.9 Å². The van der Waals surface area contributed by atoms with Crippen molar-refractivity contribution in [1.29, 1.82) is 0 Å². The number of hydrogen-bond donors (Lipinski definition) is 2. The molecule has 2 aromatic rings. The number of rotatable bonds is 6. The molecule has 21 heavy (non-hydrogen) atoms. The molecular weight excluding hydrogens is 313 g/mol. The first-order chi connectivity index (χ1) is 10.1. The van der Waals surface area contributed by atoms with Gasteiger partial charge in [-0.3, -0.25) is 4.79 Å². The van der Waals surface area contributed by atoms with Gasteiger partial charge in [-0.1, -0.05) is 35.3 Å². The highest BCUT2D eigenvalue weighted by atomic mass is 35.5. The standard InChI is InChI=1S/C14H15Cl2N3O2/c1-21-7-6-11(9-2-4-10(15)5-3-9)18-12-8-17-19-14(20)13(12)16/h2-5,8,11H,6-7H2,1H3,(H2,18,19,20). The summed E-state index contributed by atoms with van der Waals surface area (Å²) in [6.07, 6.45) is 2.20. The molecule has 0 amide bonds. The van der Waals surface area contributed by atoms with Gasteiger partial charge in [0.15, 0.2) is 0 Å². The summed E-state index contributed by atoms with van der Waals surface area (Å²) in [6.45, 7) is 0.564. The molecule has 1 heterocycles. The fourth-order valence-corrected chi connectivity index (χ4v) is 2.20. The van der Waals surface area contributed by atoms with Crippen LogP contribution in [0.1, 0.15) is 18.0 Å². The average Bonchev–Trinajstić information content (AvgIpc) is 2.49. The minimum absolute atomic E-state index is 0.0664. The largest absolute Gasteiger partial charge is 0.385 e. The second kappa shape index (κ2) is 7.45. The molecule has 1 aromatic carbocycles. The number of halogens is 2. The molecule has 1 aromatic heterocycles. The molecule has 0 saturated heterocycles. The van der Waals surface area contributed by atoms with E-state index in [9.17, 15) is 4.79 Å². The van der Waals surface area contributed by atoms with E-state index in [4.69, 9.17) is 27.9 Å². The molecule has 1 unspecified atom stereocenters. The summed E-state index contributed by atoms with van der Waals surface area (Å²) in [6, 6.07) is 7.41. The van der Waals surface area contributed by atoms with Crippen LogP contribution in [0.2, 0.25) is 10.0 Å². The fraction of sp³-hybridized carbons (Fsp3) is 0.286. The third-order valence-electron chi connectivity index (χ3n) is 3.01. The van der Waals surface area contributed by atoms with Crippen LogP contribution in [0.3, 0.4) is 0 Å². The Bertz CT molecular complexity index is 643. The van der Waals surface area contributed by atoms with Crippen molar-refractivity contribution in [2.45, 2.75) is 12.5 Å². The van der Waals surface area contributed by atoms with Gasteiger partial charge in [0, 0.05) is 18.7 Å². The number of anilines is 1. The van der Waals surface area contributed by atoms with E-state index in [2.05, 4.69) is 15.5 Å². The van der Waals surface area contributed by atoms with Crippen molar-refractivity contribution >= 4 is 28.9 Å². The molecular formula is C14H15Cl2N3O2. The number of methoxy groups -OCH3 is 1. The monoisotopic (exact) mass is 327 g/mol. The highest BCUT2D eigenvalue weighted by Crippen LogP contribution is 2.26. The van der Waals surface area contributed by atoms with Crippen molar-refractivity contribution in [2.75, 3.05) is 19.0 Å². The Balaban J connectivity index is 2.25. The molecule has 0 aliphatic rings. The van der Waals surface area contributed by atoms with Crippen LogP contribution in [-0.2, 0) is 4.74 Å². The summed E-state index contributed by atoms with van der Waals surface area (Å²) in [5, 5.41) is 10.0. The zero-order valence-electron chi connectivity index (χ0n) is 11.4. The molecule has 2 rings (SSSR count). The third-order valence-corrected chi connectivity index (χ3v) is 3.64. The van der Waals surface area contributed by atoms with E-state index in [-0.39, 0.29) is 11.1 Å². The van der Waals surface area contributed by atoms with Gasteiger partial charge in [-0.05, 0) is 24.1 Å². The average molecular weight is 328 g/mol. The van der Waals surface area contributed by atoms with Gasteiger partial charge >= 0.3 is 0 Å². The Kier molecular flexibility index (Phi) is 5.61. The Morgan fingerprint density at radius 3 is 2.71 bits per heavy atom. The topological polar surface area (TPSA) is 67.0 Å². The quantitative estimate of drug-likeness (QED) is 0.854. The van der Waals surface area contributed by atoms with Crippen LogP contribution in [0.15, 0.2) is 35.3 Å². The number of aromatic amines is 1. The Morgan fingerprint density at radius 1 is 1.33 bits per heavy atom. The van der Waals surface area contributed by atoms with E-state index in [0.717, 1.165) is 5.56 Å². The van der Waals surface area contributed by atoms with E-state index >= 15 is 0 Å². The molecule has 0 saturated carbocycles. The lowest BCUT2D eigenvalue weighted by Crippen LogP contribution is -2.17. The molecule has 0 bridgehead atoms. The van der Waals surface area contributed by atoms with Gasteiger partial charge in [0.25, 0.3) is 5.56 Å². The van der Waals surface area contributed by atoms with Crippen molar-refractivity contribution in [2.24, 2.45) is 0 Å². The van der Waals surface area contributed by atoms with Crippen LogP contribution < -0.4 is 10.9 Å². The summed E-state index contributed by atoms with van der Waals surface area (Å²) in [5.74, 6) is 0.